The van der Waals surface area contributed by atoms with E-state index in [-0.39, 0.29) is 17.7 Å². The number of hydrogen-bond donors (Lipinski definition) is 0. The van der Waals surface area contributed by atoms with Crippen LogP contribution in [0, 0.1) is 26.6 Å². The zero-order valence-electron chi connectivity index (χ0n) is 16.8. The quantitative estimate of drug-likeness (QED) is 0.448. The van der Waals surface area contributed by atoms with Crippen LogP contribution < -0.4 is 4.74 Å². The van der Waals surface area contributed by atoms with E-state index in [1.54, 1.807) is 4.52 Å². The molecule has 0 aliphatic carbocycles. The van der Waals surface area contributed by atoms with Crippen molar-refractivity contribution in [3.05, 3.63) is 58.3 Å². The van der Waals surface area contributed by atoms with Gasteiger partial charge in [0, 0.05) is 29.4 Å². The van der Waals surface area contributed by atoms with Gasteiger partial charge in [0.05, 0.1) is 12.8 Å². The molecule has 0 atom stereocenters. The van der Waals surface area contributed by atoms with E-state index in [1.165, 1.54) is 19.2 Å². The van der Waals surface area contributed by atoms with Crippen LogP contribution in [-0.4, -0.2) is 40.1 Å². The predicted octanol–water partition coefficient (Wildman–Crippen LogP) is 3.16. The third-order valence-electron chi connectivity index (χ3n) is 4.70. The smallest absolute Gasteiger partial charge is 0.306 e. The van der Waals surface area contributed by atoms with Gasteiger partial charge in [-0.3, -0.25) is 9.59 Å². The maximum absolute atomic E-state index is 13.7. The van der Waals surface area contributed by atoms with Crippen LogP contribution in [0.3, 0.4) is 0 Å². The molecule has 0 fully saturated rings. The zero-order chi connectivity index (χ0) is 21.1. The van der Waals surface area contributed by atoms with Crippen LogP contribution in [0.25, 0.3) is 5.65 Å². The summed E-state index contributed by atoms with van der Waals surface area (Å²) in [5, 5.41) is 4.41. The highest BCUT2D eigenvalue weighted by Gasteiger charge is 2.15. The molecule has 0 aliphatic rings. The first-order chi connectivity index (χ1) is 13.8. The minimum atomic E-state index is -0.646. The fraction of sp³-hybridized carbons (Fsp3) is 0.333. The van der Waals surface area contributed by atoms with Crippen LogP contribution in [0.15, 0.2) is 24.3 Å². The van der Waals surface area contributed by atoms with E-state index in [0.717, 1.165) is 34.4 Å². The summed E-state index contributed by atoms with van der Waals surface area (Å²) in [6.07, 6.45) is 0.517. The van der Waals surface area contributed by atoms with E-state index in [0.29, 0.717) is 6.42 Å². The lowest BCUT2D eigenvalue weighted by Gasteiger charge is -2.11. The molecule has 0 saturated heterocycles. The van der Waals surface area contributed by atoms with Crippen molar-refractivity contribution in [3.63, 3.8) is 0 Å². The molecule has 0 bridgehead atoms. The van der Waals surface area contributed by atoms with Crippen LogP contribution in [0.4, 0.5) is 4.39 Å². The first-order valence-corrected chi connectivity index (χ1v) is 9.15. The Morgan fingerprint density at radius 1 is 1.17 bits per heavy atom. The van der Waals surface area contributed by atoms with E-state index >= 15 is 0 Å². The Morgan fingerprint density at radius 3 is 2.62 bits per heavy atom. The molecule has 0 spiro atoms. The highest BCUT2D eigenvalue weighted by atomic mass is 19.1. The number of halogens is 1. The molecule has 0 radical (unpaired) electrons. The number of ether oxygens (including phenoxy) is 2. The van der Waals surface area contributed by atoms with Gasteiger partial charge in [-0.05, 0) is 51.0 Å². The molecule has 0 unspecified atom stereocenters. The number of methoxy groups -OCH3 is 1. The molecule has 152 valence electrons. The molecule has 0 aliphatic heterocycles. The van der Waals surface area contributed by atoms with Gasteiger partial charge in [-0.15, -0.1) is 0 Å². The number of carbonyl (C=O) groups excluding carboxylic acids is 2. The molecule has 0 N–H and O–H groups in total. The van der Waals surface area contributed by atoms with Crippen molar-refractivity contribution in [2.75, 3.05) is 13.7 Å². The zero-order valence-corrected chi connectivity index (χ0v) is 16.8. The predicted molar refractivity (Wildman–Crippen MR) is 104 cm³/mol. The number of aryl methyl sites for hydroxylation is 3. The topological polar surface area (TPSA) is 82.8 Å². The monoisotopic (exact) mass is 399 g/mol. The molecule has 7 nitrogen and oxygen atoms in total. The Balaban J connectivity index is 1.60. The SMILES string of the molecule is COc1ccc(C(=O)COC(=O)CCc2c(C)nc3cc(C)nn3c2C)cc1F. The van der Waals surface area contributed by atoms with Gasteiger partial charge in [0.25, 0.3) is 0 Å². The minimum Gasteiger partial charge on any atom is -0.494 e. The number of rotatable bonds is 7. The summed E-state index contributed by atoms with van der Waals surface area (Å²) < 4.78 is 25.3. The van der Waals surface area contributed by atoms with Crippen molar-refractivity contribution >= 4 is 17.4 Å². The molecule has 2 aromatic heterocycles. The fourth-order valence-electron chi connectivity index (χ4n) is 3.17. The molecule has 1 aromatic carbocycles. The lowest BCUT2D eigenvalue weighted by atomic mass is 10.1. The molecule has 2 heterocycles. The Bertz CT molecular complexity index is 1090. The second-order valence-corrected chi connectivity index (χ2v) is 6.75. The summed E-state index contributed by atoms with van der Waals surface area (Å²) in [5.74, 6) is -1.60. The summed E-state index contributed by atoms with van der Waals surface area (Å²) in [7, 11) is 1.34. The van der Waals surface area contributed by atoms with E-state index in [2.05, 4.69) is 10.1 Å². The Morgan fingerprint density at radius 2 is 1.93 bits per heavy atom. The average molecular weight is 399 g/mol. The summed E-state index contributed by atoms with van der Waals surface area (Å²) in [4.78, 5) is 28.7. The van der Waals surface area contributed by atoms with Gasteiger partial charge < -0.3 is 9.47 Å². The van der Waals surface area contributed by atoms with Crippen molar-refractivity contribution in [2.45, 2.75) is 33.6 Å². The van der Waals surface area contributed by atoms with Crippen molar-refractivity contribution < 1.29 is 23.5 Å². The van der Waals surface area contributed by atoms with Gasteiger partial charge in [0.15, 0.2) is 29.6 Å². The van der Waals surface area contributed by atoms with E-state index in [1.807, 2.05) is 26.8 Å². The number of hydrogen-bond acceptors (Lipinski definition) is 6. The van der Waals surface area contributed by atoms with Crippen molar-refractivity contribution in [1.29, 1.82) is 0 Å². The Kier molecular flexibility index (Phi) is 5.91. The van der Waals surface area contributed by atoms with Crippen LogP contribution >= 0.6 is 0 Å². The van der Waals surface area contributed by atoms with Gasteiger partial charge in [-0.1, -0.05) is 0 Å². The van der Waals surface area contributed by atoms with E-state index in [9.17, 15) is 14.0 Å². The molecule has 3 rings (SSSR count). The Hall–Kier alpha value is -3.29. The summed E-state index contributed by atoms with van der Waals surface area (Å²) in [6, 6.07) is 5.74. The fourth-order valence-corrected chi connectivity index (χ4v) is 3.17. The van der Waals surface area contributed by atoms with Crippen molar-refractivity contribution in [2.24, 2.45) is 0 Å². The number of ketones is 1. The minimum absolute atomic E-state index is 0.0437. The standard InChI is InChI=1S/C21H22FN3O4/c1-12-9-20-23-13(2)16(14(3)25(20)24-12)6-8-21(27)29-11-18(26)15-5-7-19(28-4)17(22)10-15/h5,7,9-10H,6,8,11H2,1-4H3. The summed E-state index contributed by atoms with van der Waals surface area (Å²) in [6.45, 7) is 5.26. The normalized spacial score (nSPS) is 10.9. The van der Waals surface area contributed by atoms with Gasteiger partial charge in [-0.2, -0.15) is 5.10 Å². The third-order valence-corrected chi connectivity index (χ3v) is 4.70. The van der Waals surface area contributed by atoms with Gasteiger partial charge in [-0.25, -0.2) is 13.9 Å². The summed E-state index contributed by atoms with van der Waals surface area (Å²) >= 11 is 0. The highest BCUT2D eigenvalue weighted by molar-refractivity contribution is 5.98. The first kappa shape index (κ1) is 20.4. The van der Waals surface area contributed by atoms with Gasteiger partial charge in [0.2, 0.25) is 0 Å². The number of Topliss-reactive ketones (excluding diaryl/α,β-unsaturated/α-hetero) is 1. The first-order valence-electron chi connectivity index (χ1n) is 9.15. The number of nitrogens with zero attached hydrogens (tertiary/aromatic N) is 3. The molecule has 29 heavy (non-hydrogen) atoms. The van der Waals surface area contributed by atoms with Gasteiger partial charge >= 0.3 is 5.97 Å². The van der Waals surface area contributed by atoms with E-state index in [4.69, 9.17) is 9.47 Å². The van der Waals surface area contributed by atoms with Crippen LogP contribution in [0.2, 0.25) is 0 Å². The van der Waals surface area contributed by atoms with Gasteiger partial charge in [0.1, 0.15) is 0 Å². The molecule has 0 amide bonds. The second-order valence-electron chi connectivity index (χ2n) is 6.75. The summed E-state index contributed by atoms with van der Waals surface area (Å²) in [5.41, 5.74) is 4.41. The average Bonchev–Trinajstić information content (AvgIpc) is 3.06. The highest BCUT2D eigenvalue weighted by Crippen LogP contribution is 2.19. The van der Waals surface area contributed by atoms with Crippen LogP contribution in [0.1, 0.15) is 39.4 Å². The number of fused-ring (bicyclic) bond motifs is 1. The maximum Gasteiger partial charge on any atom is 0.306 e. The van der Waals surface area contributed by atoms with Crippen molar-refractivity contribution in [3.8, 4) is 5.75 Å². The molecular weight excluding hydrogens is 377 g/mol. The Labute approximate surface area is 167 Å². The maximum atomic E-state index is 13.7. The van der Waals surface area contributed by atoms with Crippen molar-refractivity contribution in [1.82, 2.24) is 14.6 Å². The number of carbonyl (C=O) groups is 2. The lowest BCUT2D eigenvalue weighted by molar-refractivity contribution is -0.142. The third kappa shape index (κ3) is 4.42. The number of aromatic nitrogens is 3. The second kappa shape index (κ2) is 8.38. The molecule has 0 saturated carbocycles. The lowest BCUT2D eigenvalue weighted by Crippen LogP contribution is -2.15. The van der Waals surface area contributed by atoms with Crippen LogP contribution in [-0.2, 0) is 16.0 Å². The molecule has 8 heteroatoms. The van der Waals surface area contributed by atoms with E-state index < -0.39 is 24.2 Å². The number of esters is 1. The molecule has 3 aromatic rings. The van der Waals surface area contributed by atoms with Crippen LogP contribution in [0.5, 0.6) is 5.75 Å². The number of benzene rings is 1. The molecular formula is C21H22FN3O4. The largest absolute Gasteiger partial charge is 0.494 e.